The average molecular weight is 366 g/mol. The number of carbonyl (C=O) groups excluding carboxylic acids is 1. The summed E-state index contributed by atoms with van der Waals surface area (Å²) in [6, 6.07) is 2.04. The fraction of sp³-hybridized carbons (Fsp3) is 0.615. The van der Waals surface area contributed by atoms with Gasteiger partial charge in [0.05, 0.1) is 11.0 Å². The van der Waals surface area contributed by atoms with E-state index in [0.717, 1.165) is 4.47 Å². The van der Waals surface area contributed by atoms with Gasteiger partial charge in [0, 0.05) is 20.8 Å². The minimum Gasteiger partial charge on any atom is -0.459 e. The summed E-state index contributed by atoms with van der Waals surface area (Å²) in [4.78, 5) is 12.9. The Morgan fingerprint density at radius 3 is 2.63 bits per heavy atom. The highest BCUT2D eigenvalue weighted by atomic mass is 79.9. The zero-order valence-electron chi connectivity index (χ0n) is 11.6. The lowest BCUT2D eigenvalue weighted by molar-refractivity contribution is -0.151. The van der Waals surface area contributed by atoms with Crippen LogP contribution in [0.15, 0.2) is 15.9 Å². The molecule has 0 saturated heterocycles. The highest BCUT2D eigenvalue weighted by Gasteiger charge is 2.22. The molecule has 1 aromatic rings. The zero-order chi connectivity index (χ0) is 14.6. The number of hydrogen-bond donors (Lipinski definition) is 1. The maximum Gasteiger partial charge on any atom is 0.316 e. The Kier molecular flexibility index (Phi) is 6.36. The third-order valence-corrected chi connectivity index (χ3v) is 5.52. The zero-order valence-corrected chi connectivity index (χ0v) is 14.8. The molecule has 0 saturated carbocycles. The summed E-state index contributed by atoms with van der Waals surface area (Å²) < 4.78 is 6.35. The van der Waals surface area contributed by atoms with E-state index in [1.54, 1.807) is 11.3 Å². The summed E-state index contributed by atoms with van der Waals surface area (Å²) >= 11 is 6.62. The number of thiophene rings is 1. The molecule has 1 rings (SSSR count). The number of ether oxygens (including phenoxy) is 1. The molecule has 0 aliphatic heterocycles. The third kappa shape index (κ3) is 6.29. The second-order valence-corrected chi connectivity index (χ2v) is 8.33. The molecular formula is C13H20BrNO2S2. The minimum absolute atomic E-state index is 0.0158. The fourth-order valence-corrected chi connectivity index (χ4v) is 4.32. The molecule has 2 N–H and O–H groups in total. The Bertz CT molecular complexity index is 427. The van der Waals surface area contributed by atoms with Crippen LogP contribution < -0.4 is 5.73 Å². The van der Waals surface area contributed by atoms with Gasteiger partial charge >= 0.3 is 5.97 Å². The van der Waals surface area contributed by atoms with Crippen molar-refractivity contribution in [2.75, 3.05) is 5.75 Å². The Hall–Kier alpha value is -0.0400. The van der Waals surface area contributed by atoms with E-state index in [1.807, 2.05) is 33.1 Å². The molecule has 2 unspecified atom stereocenters. The number of esters is 1. The standard InChI is InChI=1S/C13H20BrNO2S2/c1-8(15)12(10-5-9(14)6-18-10)19-7-11(16)17-13(2,3)4/h5-6,8,12H,7,15H2,1-4H3. The highest BCUT2D eigenvalue weighted by molar-refractivity contribution is 9.10. The van der Waals surface area contributed by atoms with Crippen LogP contribution in [0.2, 0.25) is 0 Å². The van der Waals surface area contributed by atoms with Crippen LogP contribution in [0.4, 0.5) is 0 Å². The Morgan fingerprint density at radius 1 is 1.58 bits per heavy atom. The van der Waals surface area contributed by atoms with Crippen LogP contribution in [0.1, 0.15) is 37.8 Å². The molecule has 19 heavy (non-hydrogen) atoms. The number of hydrogen-bond acceptors (Lipinski definition) is 5. The molecule has 3 nitrogen and oxygen atoms in total. The SMILES string of the molecule is CC(N)C(SCC(=O)OC(C)(C)C)c1cc(Br)cs1. The molecule has 0 fully saturated rings. The van der Waals surface area contributed by atoms with Gasteiger partial charge in [0.2, 0.25) is 0 Å². The lowest BCUT2D eigenvalue weighted by Gasteiger charge is -2.22. The molecule has 0 aromatic carbocycles. The van der Waals surface area contributed by atoms with Crippen molar-refractivity contribution in [1.82, 2.24) is 0 Å². The van der Waals surface area contributed by atoms with E-state index < -0.39 is 5.60 Å². The number of rotatable bonds is 5. The first kappa shape index (κ1) is 17.0. The first-order chi connectivity index (χ1) is 8.69. The molecule has 0 aliphatic carbocycles. The highest BCUT2D eigenvalue weighted by Crippen LogP contribution is 2.36. The van der Waals surface area contributed by atoms with Crippen LogP contribution in [0.5, 0.6) is 0 Å². The Balaban J connectivity index is 2.59. The first-order valence-corrected chi connectivity index (χ1v) is 8.74. The smallest absolute Gasteiger partial charge is 0.316 e. The van der Waals surface area contributed by atoms with Crippen LogP contribution in [0, 0.1) is 0 Å². The second-order valence-electron chi connectivity index (χ2n) is 5.34. The van der Waals surface area contributed by atoms with Crippen molar-refractivity contribution in [2.24, 2.45) is 5.73 Å². The van der Waals surface area contributed by atoms with Gasteiger partial charge in [0.25, 0.3) is 0 Å². The van der Waals surface area contributed by atoms with Gasteiger partial charge in [-0.2, -0.15) is 0 Å². The van der Waals surface area contributed by atoms with E-state index in [2.05, 4.69) is 22.0 Å². The second kappa shape index (κ2) is 7.11. The molecule has 0 amide bonds. The van der Waals surface area contributed by atoms with Gasteiger partial charge in [0.1, 0.15) is 5.60 Å². The molecule has 1 heterocycles. The van der Waals surface area contributed by atoms with Gasteiger partial charge < -0.3 is 10.5 Å². The molecule has 6 heteroatoms. The average Bonchev–Trinajstić information content (AvgIpc) is 2.61. The number of carbonyl (C=O) groups is 1. The van der Waals surface area contributed by atoms with Gasteiger partial charge in [-0.05, 0) is 49.7 Å². The lowest BCUT2D eigenvalue weighted by atomic mass is 10.2. The molecule has 2 atom stereocenters. The van der Waals surface area contributed by atoms with Crippen LogP contribution in [0.25, 0.3) is 0 Å². The summed E-state index contributed by atoms with van der Waals surface area (Å²) in [5.41, 5.74) is 5.57. The summed E-state index contributed by atoms with van der Waals surface area (Å²) in [6.07, 6.45) is 0. The maximum absolute atomic E-state index is 11.7. The van der Waals surface area contributed by atoms with Crippen molar-refractivity contribution in [3.63, 3.8) is 0 Å². The van der Waals surface area contributed by atoms with Gasteiger partial charge in [-0.3, -0.25) is 4.79 Å². The largest absolute Gasteiger partial charge is 0.459 e. The van der Waals surface area contributed by atoms with Crippen molar-refractivity contribution in [3.8, 4) is 0 Å². The monoisotopic (exact) mass is 365 g/mol. The molecular weight excluding hydrogens is 346 g/mol. The predicted octanol–water partition coefficient (Wildman–Crippen LogP) is 3.97. The third-order valence-electron chi connectivity index (χ3n) is 2.15. The summed E-state index contributed by atoms with van der Waals surface area (Å²) in [5.74, 6) is 0.123. The van der Waals surface area contributed by atoms with Crippen LogP contribution in [-0.2, 0) is 9.53 Å². The van der Waals surface area contributed by atoms with Gasteiger partial charge in [-0.15, -0.1) is 23.1 Å². The number of halogens is 1. The minimum atomic E-state index is -0.437. The van der Waals surface area contributed by atoms with Crippen molar-refractivity contribution >= 4 is 45.0 Å². The molecule has 0 bridgehead atoms. The number of thioether (sulfide) groups is 1. The topological polar surface area (TPSA) is 52.3 Å². The van der Waals surface area contributed by atoms with Crippen LogP contribution >= 0.6 is 39.0 Å². The number of nitrogens with two attached hydrogens (primary N) is 1. The van der Waals surface area contributed by atoms with E-state index in [1.165, 1.54) is 16.6 Å². The summed E-state index contributed by atoms with van der Waals surface area (Å²) in [6.45, 7) is 7.57. The summed E-state index contributed by atoms with van der Waals surface area (Å²) in [7, 11) is 0. The molecule has 108 valence electrons. The molecule has 0 spiro atoms. The van der Waals surface area contributed by atoms with Gasteiger partial charge in [0.15, 0.2) is 0 Å². The Labute approximate surface area is 131 Å². The van der Waals surface area contributed by atoms with E-state index >= 15 is 0 Å². The maximum atomic E-state index is 11.7. The van der Waals surface area contributed by atoms with E-state index in [9.17, 15) is 4.79 Å². The Morgan fingerprint density at radius 2 is 2.21 bits per heavy atom. The van der Waals surface area contributed by atoms with Crippen LogP contribution in [-0.4, -0.2) is 23.4 Å². The summed E-state index contributed by atoms with van der Waals surface area (Å²) in [5, 5.41) is 2.14. The molecule has 0 aliphatic rings. The predicted molar refractivity (Wildman–Crippen MR) is 86.7 cm³/mol. The van der Waals surface area contributed by atoms with E-state index in [0.29, 0.717) is 5.75 Å². The first-order valence-electron chi connectivity index (χ1n) is 6.02. The molecule has 1 aromatic heterocycles. The van der Waals surface area contributed by atoms with Crippen molar-refractivity contribution < 1.29 is 9.53 Å². The quantitative estimate of drug-likeness (QED) is 0.801. The van der Waals surface area contributed by atoms with E-state index in [-0.39, 0.29) is 17.3 Å². The van der Waals surface area contributed by atoms with Crippen molar-refractivity contribution in [3.05, 3.63) is 20.8 Å². The normalized spacial score (nSPS) is 15.1. The lowest BCUT2D eigenvalue weighted by Crippen LogP contribution is -2.27. The van der Waals surface area contributed by atoms with Gasteiger partial charge in [-0.1, -0.05) is 0 Å². The van der Waals surface area contributed by atoms with Crippen LogP contribution in [0.3, 0.4) is 0 Å². The molecule has 0 radical (unpaired) electrons. The van der Waals surface area contributed by atoms with Crippen molar-refractivity contribution in [1.29, 1.82) is 0 Å². The van der Waals surface area contributed by atoms with Gasteiger partial charge in [-0.25, -0.2) is 0 Å². The van der Waals surface area contributed by atoms with Crippen molar-refractivity contribution in [2.45, 2.75) is 44.6 Å². The fourth-order valence-electron chi connectivity index (χ4n) is 1.50. The van der Waals surface area contributed by atoms with E-state index in [4.69, 9.17) is 10.5 Å².